The number of nitrogens with zero attached hydrogens (tertiary/aromatic N) is 2. The van der Waals surface area contributed by atoms with Gasteiger partial charge in [-0.2, -0.15) is 0 Å². The van der Waals surface area contributed by atoms with Gasteiger partial charge in [-0.05, 0) is 74.3 Å². The van der Waals surface area contributed by atoms with Crippen molar-refractivity contribution < 1.29 is 14.3 Å². The van der Waals surface area contributed by atoms with E-state index in [0.29, 0.717) is 19.7 Å². The standard InChI is InChI=1S/C26H33N3O3/c30-25-24(10-1-2-16-28-25)29(26(31)22-8-3-9-22)19-21-11-13-23(14-12-21)32-17-5-7-20-6-4-15-27-18-20/h4,6,11-15,18,22,24H,1-3,5,7-10,16-17,19H2,(H,28,30)/t24-/m0/s1. The van der Waals surface area contributed by atoms with Crippen LogP contribution in [0.4, 0.5) is 0 Å². The molecule has 2 aliphatic rings. The van der Waals surface area contributed by atoms with E-state index in [-0.39, 0.29) is 23.8 Å². The highest BCUT2D eigenvalue weighted by molar-refractivity contribution is 5.89. The molecule has 1 saturated heterocycles. The molecule has 1 aliphatic carbocycles. The van der Waals surface area contributed by atoms with Crippen LogP contribution < -0.4 is 10.1 Å². The van der Waals surface area contributed by atoms with E-state index >= 15 is 0 Å². The summed E-state index contributed by atoms with van der Waals surface area (Å²) in [4.78, 5) is 31.8. The highest BCUT2D eigenvalue weighted by atomic mass is 16.5. The van der Waals surface area contributed by atoms with Gasteiger partial charge in [0, 0.05) is 31.4 Å². The predicted octanol–water partition coefficient (Wildman–Crippen LogP) is 3.89. The van der Waals surface area contributed by atoms with Crippen LogP contribution in [0.15, 0.2) is 48.8 Å². The fourth-order valence-corrected chi connectivity index (χ4v) is 4.35. The smallest absolute Gasteiger partial charge is 0.242 e. The highest BCUT2D eigenvalue weighted by Gasteiger charge is 2.36. The van der Waals surface area contributed by atoms with Crippen molar-refractivity contribution in [3.05, 3.63) is 59.9 Å². The number of carbonyl (C=O) groups is 2. The molecule has 0 spiro atoms. The molecule has 32 heavy (non-hydrogen) atoms. The number of hydrogen-bond donors (Lipinski definition) is 1. The maximum absolute atomic E-state index is 13.2. The van der Waals surface area contributed by atoms with Crippen LogP contribution in [0.5, 0.6) is 5.75 Å². The lowest BCUT2D eigenvalue weighted by molar-refractivity contribution is -0.146. The summed E-state index contributed by atoms with van der Waals surface area (Å²) in [6.07, 6.45) is 11.2. The van der Waals surface area contributed by atoms with Gasteiger partial charge in [0.1, 0.15) is 11.8 Å². The minimum absolute atomic E-state index is 0.0104. The van der Waals surface area contributed by atoms with Gasteiger partial charge < -0.3 is 15.0 Å². The third-order valence-corrected chi connectivity index (χ3v) is 6.50. The van der Waals surface area contributed by atoms with Crippen molar-refractivity contribution in [1.29, 1.82) is 0 Å². The second-order valence-electron chi connectivity index (χ2n) is 8.85. The summed E-state index contributed by atoms with van der Waals surface area (Å²) in [7, 11) is 0. The summed E-state index contributed by atoms with van der Waals surface area (Å²) in [6, 6.07) is 11.6. The van der Waals surface area contributed by atoms with Crippen molar-refractivity contribution in [2.45, 2.75) is 64.0 Å². The Labute approximate surface area is 190 Å². The third kappa shape index (κ3) is 5.87. The zero-order valence-electron chi connectivity index (χ0n) is 18.7. The normalized spacial score (nSPS) is 18.9. The summed E-state index contributed by atoms with van der Waals surface area (Å²) < 4.78 is 5.88. The SMILES string of the molecule is O=C1NCCCC[C@@H]1N(Cc1ccc(OCCCc2cccnc2)cc1)C(=O)C1CCC1. The van der Waals surface area contributed by atoms with Crippen molar-refractivity contribution in [1.82, 2.24) is 15.2 Å². The third-order valence-electron chi connectivity index (χ3n) is 6.50. The van der Waals surface area contributed by atoms with E-state index < -0.39 is 0 Å². The van der Waals surface area contributed by atoms with Gasteiger partial charge in [-0.25, -0.2) is 0 Å². The molecule has 1 aromatic heterocycles. The first-order valence-electron chi connectivity index (χ1n) is 11.9. The number of benzene rings is 1. The lowest BCUT2D eigenvalue weighted by atomic mass is 9.83. The summed E-state index contributed by atoms with van der Waals surface area (Å²) in [5, 5.41) is 2.98. The van der Waals surface area contributed by atoms with Crippen LogP contribution in [0.3, 0.4) is 0 Å². The quantitative estimate of drug-likeness (QED) is 0.607. The molecule has 1 aliphatic heterocycles. The number of aryl methyl sites for hydroxylation is 1. The monoisotopic (exact) mass is 435 g/mol. The second-order valence-corrected chi connectivity index (χ2v) is 8.85. The van der Waals surface area contributed by atoms with E-state index in [2.05, 4.69) is 16.4 Å². The summed E-state index contributed by atoms with van der Waals surface area (Å²) in [5.41, 5.74) is 2.24. The number of ether oxygens (including phenoxy) is 1. The van der Waals surface area contributed by atoms with Gasteiger partial charge in [-0.3, -0.25) is 14.6 Å². The number of aromatic nitrogens is 1. The van der Waals surface area contributed by atoms with Crippen LogP contribution in [-0.2, 0) is 22.6 Å². The molecule has 2 aromatic rings. The topological polar surface area (TPSA) is 71.5 Å². The van der Waals surface area contributed by atoms with Gasteiger partial charge in [0.25, 0.3) is 0 Å². The average Bonchev–Trinajstić information content (AvgIpc) is 2.99. The summed E-state index contributed by atoms with van der Waals surface area (Å²) in [5.74, 6) is 1.02. The molecule has 170 valence electrons. The van der Waals surface area contributed by atoms with E-state index in [1.165, 1.54) is 5.56 Å². The molecule has 2 heterocycles. The Kier molecular flexibility index (Phi) is 7.75. The average molecular weight is 436 g/mol. The molecular weight excluding hydrogens is 402 g/mol. The summed E-state index contributed by atoms with van der Waals surface area (Å²) >= 11 is 0. The van der Waals surface area contributed by atoms with E-state index in [1.807, 2.05) is 41.4 Å². The van der Waals surface area contributed by atoms with Crippen LogP contribution in [0.1, 0.15) is 56.1 Å². The molecule has 6 nitrogen and oxygen atoms in total. The number of nitrogens with one attached hydrogen (secondary N) is 1. The number of pyridine rings is 1. The van der Waals surface area contributed by atoms with Crippen LogP contribution in [0.2, 0.25) is 0 Å². The lowest BCUT2D eigenvalue weighted by Gasteiger charge is -2.36. The largest absolute Gasteiger partial charge is 0.494 e. The molecule has 1 aromatic carbocycles. The van der Waals surface area contributed by atoms with Gasteiger partial charge in [0.05, 0.1) is 6.61 Å². The van der Waals surface area contributed by atoms with Crippen LogP contribution in [0.25, 0.3) is 0 Å². The fraction of sp³-hybridized carbons (Fsp3) is 0.500. The molecule has 1 atom stereocenters. The maximum Gasteiger partial charge on any atom is 0.242 e. The first-order chi connectivity index (χ1) is 15.7. The number of hydrogen-bond acceptors (Lipinski definition) is 4. The predicted molar refractivity (Wildman–Crippen MR) is 123 cm³/mol. The Balaban J connectivity index is 1.34. The van der Waals surface area contributed by atoms with Crippen molar-refractivity contribution in [3.63, 3.8) is 0 Å². The molecule has 6 heteroatoms. The Morgan fingerprint density at radius 2 is 1.91 bits per heavy atom. The molecule has 4 rings (SSSR count). The van der Waals surface area contributed by atoms with Crippen LogP contribution in [-0.4, -0.2) is 40.9 Å². The lowest BCUT2D eigenvalue weighted by Crippen LogP contribution is -2.51. The zero-order valence-corrected chi connectivity index (χ0v) is 18.7. The van der Waals surface area contributed by atoms with Gasteiger partial charge in [-0.1, -0.05) is 24.6 Å². The minimum atomic E-state index is -0.367. The molecule has 0 bridgehead atoms. The molecular formula is C26H33N3O3. The Morgan fingerprint density at radius 1 is 1.06 bits per heavy atom. The van der Waals surface area contributed by atoms with Crippen molar-refractivity contribution in [2.24, 2.45) is 5.92 Å². The van der Waals surface area contributed by atoms with E-state index in [1.54, 1.807) is 6.20 Å². The Bertz CT molecular complexity index is 881. The molecule has 2 fully saturated rings. The second kappa shape index (κ2) is 11.1. The van der Waals surface area contributed by atoms with Crippen LogP contribution >= 0.6 is 0 Å². The first-order valence-corrected chi connectivity index (χ1v) is 11.9. The van der Waals surface area contributed by atoms with Gasteiger partial charge in [-0.15, -0.1) is 0 Å². The number of carbonyl (C=O) groups excluding carboxylic acids is 2. The molecule has 0 radical (unpaired) electrons. The fourth-order valence-electron chi connectivity index (χ4n) is 4.35. The highest BCUT2D eigenvalue weighted by Crippen LogP contribution is 2.31. The van der Waals surface area contributed by atoms with Gasteiger partial charge in [0.15, 0.2) is 0 Å². The summed E-state index contributed by atoms with van der Waals surface area (Å²) in [6.45, 7) is 1.81. The van der Waals surface area contributed by atoms with Crippen LogP contribution in [0, 0.1) is 5.92 Å². The number of amides is 2. The maximum atomic E-state index is 13.2. The Morgan fingerprint density at radius 3 is 2.62 bits per heavy atom. The van der Waals surface area contributed by atoms with Crippen molar-refractivity contribution >= 4 is 11.8 Å². The minimum Gasteiger partial charge on any atom is -0.494 e. The first kappa shape index (κ1) is 22.3. The van der Waals surface area contributed by atoms with Crippen molar-refractivity contribution in [2.75, 3.05) is 13.2 Å². The van der Waals surface area contributed by atoms with E-state index in [4.69, 9.17) is 4.74 Å². The number of rotatable bonds is 9. The van der Waals surface area contributed by atoms with Gasteiger partial charge in [0.2, 0.25) is 11.8 Å². The van der Waals surface area contributed by atoms with E-state index in [9.17, 15) is 9.59 Å². The molecule has 1 saturated carbocycles. The Hall–Kier alpha value is -2.89. The van der Waals surface area contributed by atoms with Crippen molar-refractivity contribution in [3.8, 4) is 5.75 Å². The van der Waals surface area contributed by atoms with E-state index in [0.717, 1.165) is 62.7 Å². The molecule has 0 unspecified atom stereocenters. The molecule has 2 amide bonds. The van der Waals surface area contributed by atoms with Gasteiger partial charge >= 0.3 is 0 Å². The molecule has 1 N–H and O–H groups in total. The zero-order chi connectivity index (χ0) is 22.2.